The van der Waals surface area contributed by atoms with Gasteiger partial charge in [0, 0.05) is 23.2 Å². The average Bonchev–Trinajstić information content (AvgIpc) is 2.63. The number of alkyl halides is 2. The normalized spacial score (nSPS) is 11.0. The quantitative estimate of drug-likeness (QED) is 0.664. The van der Waals surface area contributed by atoms with E-state index in [1.165, 1.54) is 0 Å². The summed E-state index contributed by atoms with van der Waals surface area (Å²) in [5.41, 5.74) is 2.19. The smallest absolute Gasteiger partial charge is 0.288 e. The van der Waals surface area contributed by atoms with Crippen LogP contribution in [0.15, 0.2) is 53.4 Å². The Morgan fingerprint density at radius 3 is 2.30 bits per heavy atom. The minimum Gasteiger partial charge on any atom is -0.325 e. The van der Waals surface area contributed by atoms with Crippen LogP contribution in [-0.2, 0) is 11.3 Å². The number of hydrogen-bond acceptors (Lipinski definition) is 4. The zero-order valence-electron chi connectivity index (χ0n) is 15.2. The zero-order valence-corrected chi connectivity index (χ0v) is 16.0. The lowest BCUT2D eigenvalue weighted by Crippen LogP contribution is -2.37. The third-order valence-electron chi connectivity index (χ3n) is 3.91. The van der Waals surface area contributed by atoms with Gasteiger partial charge in [-0.3, -0.25) is 9.69 Å². The van der Waals surface area contributed by atoms with Crippen molar-refractivity contribution in [3.63, 3.8) is 0 Å². The lowest BCUT2D eigenvalue weighted by atomic mass is 10.1. The van der Waals surface area contributed by atoms with E-state index >= 15 is 0 Å². The largest absolute Gasteiger partial charge is 0.325 e. The van der Waals surface area contributed by atoms with E-state index in [1.807, 2.05) is 30.9 Å². The van der Waals surface area contributed by atoms with Crippen LogP contribution < -0.4 is 5.32 Å². The number of nitriles is 1. The molecule has 0 fully saturated rings. The van der Waals surface area contributed by atoms with Gasteiger partial charge in [0.25, 0.3) is 5.76 Å². The van der Waals surface area contributed by atoms with Crippen LogP contribution in [0.1, 0.15) is 25.0 Å². The molecule has 1 amide bonds. The first-order valence-corrected chi connectivity index (χ1v) is 9.33. The van der Waals surface area contributed by atoms with Gasteiger partial charge in [0.15, 0.2) is 0 Å². The molecule has 27 heavy (non-hydrogen) atoms. The van der Waals surface area contributed by atoms with Gasteiger partial charge in [-0.15, -0.1) is 0 Å². The molecule has 4 nitrogen and oxygen atoms in total. The molecule has 0 radical (unpaired) electrons. The molecule has 0 aliphatic carbocycles. The molecule has 1 N–H and O–H groups in total. The highest BCUT2D eigenvalue weighted by molar-refractivity contribution is 7.99. The number of benzene rings is 2. The molecule has 0 saturated heterocycles. The highest BCUT2D eigenvalue weighted by Gasteiger charge is 2.15. The summed E-state index contributed by atoms with van der Waals surface area (Å²) in [4.78, 5) is 14.8. The summed E-state index contributed by atoms with van der Waals surface area (Å²) in [6, 6.07) is 15.9. The maximum Gasteiger partial charge on any atom is 0.288 e. The van der Waals surface area contributed by atoms with Crippen molar-refractivity contribution < 1.29 is 13.6 Å². The number of carbonyl (C=O) groups is 1. The van der Waals surface area contributed by atoms with Crippen molar-refractivity contribution in [2.75, 3.05) is 11.9 Å². The Morgan fingerprint density at radius 2 is 1.78 bits per heavy atom. The first kappa shape index (κ1) is 20.9. The predicted molar refractivity (Wildman–Crippen MR) is 104 cm³/mol. The lowest BCUT2D eigenvalue weighted by Gasteiger charge is -2.26. The van der Waals surface area contributed by atoms with Crippen LogP contribution in [0.4, 0.5) is 14.5 Å². The summed E-state index contributed by atoms with van der Waals surface area (Å²) in [5, 5.41) is 11.7. The lowest BCUT2D eigenvalue weighted by molar-refractivity contribution is -0.117. The van der Waals surface area contributed by atoms with Crippen LogP contribution in [-0.4, -0.2) is 29.2 Å². The van der Waals surface area contributed by atoms with Crippen molar-refractivity contribution in [3.05, 3.63) is 59.7 Å². The van der Waals surface area contributed by atoms with Gasteiger partial charge in [0.1, 0.15) is 0 Å². The molecule has 0 aliphatic rings. The maximum absolute atomic E-state index is 12.4. The fourth-order valence-electron chi connectivity index (χ4n) is 2.44. The van der Waals surface area contributed by atoms with Crippen LogP contribution in [0, 0.1) is 11.3 Å². The molecule has 0 aromatic heterocycles. The van der Waals surface area contributed by atoms with Gasteiger partial charge < -0.3 is 5.32 Å². The van der Waals surface area contributed by atoms with Crippen LogP contribution >= 0.6 is 11.8 Å². The monoisotopic (exact) mass is 389 g/mol. The molecule has 0 spiro atoms. The molecule has 2 aromatic rings. The van der Waals surface area contributed by atoms with Gasteiger partial charge in [-0.25, -0.2) is 0 Å². The second-order valence-electron chi connectivity index (χ2n) is 6.26. The third-order valence-corrected chi connectivity index (χ3v) is 4.63. The van der Waals surface area contributed by atoms with E-state index in [-0.39, 0.29) is 18.5 Å². The van der Waals surface area contributed by atoms with Crippen LogP contribution in [0.3, 0.4) is 0 Å². The number of carbonyl (C=O) groups excluding carboxylic acids is 1. The summed E-state index contributed by atoms with van der Waals surface area (Å²) in [5.74, 6) is -2.64. The van der Waals surface area contributed by atoms with E-state index < -0.39 is 5.76 Å². The fourth-order valence-corrected chi connectivity index (χ4v) is 2.94. The number of halogens is 2. The Balaban J connectivity index is 1.94. The molecule has 0 heterocycles. The molecule has 0 bridgehead atoms. The van der Waals surface area contributed by atoms with E-state index in [4.69, 9.17) is 5.26 Å². The third kappa shape index (κ3) is 7.00. The number of nitrogens with one attached hydrogen (secondary N) is 1. The van der Waals surface area contributed by atoms with E-state index in [1.54, 1.807) is 36.4 Å². The minimum atomic E-state index is -2.47. The van der Waals surface area contributed by atoms with Crippen molar-refractivity contribution in [3.8, 4) is 6.07 Å². The number of hydrogen-bond donors (Lipinski definition) is 1. The highest BCUT2D eigenvalue weighted by Crippen LogP contribution is 2.26. The fraction of sp³-hybridized carbons (Fsp3) is 0.300. The number of amides is 1. The van der Waals surface area contributed by atoms with E-state index in [9.17, 15) is 13.6 Å². The van der Waals surface area contributed by atoms with Crippen LogP contribution in [0.2, 0.25) is 0 Å². The molecule has 7 heteroatoms. The van der Waals surface area contributed by atoms with Crippen molar-refractivity contribution in [2.24, 2.45) is 0 Å². The molecular formula is C20H21F2N3OS. The molecule has 0 unspecified atom stereocenters. The standard InChI is InChI=1S/C20H21F2N3OS/c1-14(2)25(12-16-5-3-15(11-23)4-6-16)13-19(26)24-17-7-9-18(10-8-17)27-20(21)22/h3-10,14,20H,12-13H2,1-2H3,(H,24,26). The van der Waals surface area contributed by atoms with Gasteiger partial charge in [-0.1, -0.05) is 23.9 Å². The van der Waals surface area contributed by atoms with Crippen molar-refractivity contribution >= 4 is 23.4 Å². The summed E-state index contributed by atoms with van der Waals surface area (Å²) >= 11 is 0.470. The minimum absolute atomic E-state index is 0.149. The number of nitrogens with zero attached hydrogens (tertiary/aromatic N) is 2. The van der Waals surface area contributed by atoms with E-state index in [0.717, 1.165) is 5.56 Å². The van der Waals surface area contributed by atoms with Gasteiger partial charge in [0.05, 0.1) is 18.2 Å². The summed E-state index contributed by atoms with van der Waals surface area (Å²) in [7, 11) is 0. The Kier molecular flexibility index (Phi) is 7.77. The second kappa shape index (κ2) is 10.0. The molecule has 2 aromatic carbocycles. The summed E-state index contributed by atoms with van der Waals surface area (Å²) in [6.45, 7) is 4.80. The number of rotatable bonds is 8. The van der Waals surface area contributed by atoms with E-state index in [2.05, 4.69) is 11.4 Å². The molecule has 0 saturated carbocycles. The van der Waals surface area contributed by atoms with E-state index in [0.29, 0.717) is 34.5 Å². The topological polar surface area (TPSA) is 56.1 Å². The molecule has 0 aliphatic heterocycles. The molecule has 2 rings (SSSR count). The van der Waals surface area contributed by atoms with Crippen LogP contribution in [0.25, 0.3) is 0 Å². The Hall–Kier alpha value is -2.43. The average molecular weight is 389 g/mol. The first-order chi connectivity index (χ1) is 12.9. The number of anilines is 1. The summed E-state index contributed by atoms with van der Waals surface area (Å²) in [6.07, 6.45) is 0. The Bertz CT molecular complexity index is 786. The van der Waals surface area contributed by atoms with Crippen molar-refractivity contribution in [1.29, 1.82) is 5.26 Å². The highest BCUT2D eigenvalue weighted by atomic mass is 32.2. The Morgan fingerprint density at radius 1 is 1.15 bits per heavy atom. The first-order valence-electron chi connectivity index (χ1n) is 8.45. The van der Waals surface area contributed by atoms with Gasteiger partial charge in [-0.2, -0.15) is 14.0 Å². The second-order valence-corrected chi connectivity index (χ2v) is 7.32. The van der Waals surface area contributed by atoms with Crippen LogP contribution in [0.5, 0.6) is 0 Å². The van der Waals surface area contributed by atoms with Crippen molar-refractivity contribution in [1.82, 2.24) is 4.90 Å². The Labute approximate surface area is 162 Å². The van der Waals surface area contributed by atoms with Gasteiger partial charge >= 0.3 is 0 Å². The summed E-state index contributed by atoms with van der Waals surface area (Å²) < 4.78 is 24.7. The number of thioether (sulfide) groups is 1. The SMILES string of the molecule is CC(C)N(CC(=O)Nc1ccc(SC(F)F)cc1)Cc1ccc(C#N)cc1. The molecule has 0 atom stereocenters. The maximum atomic E-state index is 12.4. The van der Waals surface area contributed by atoms with Gasteiger partial charge in [-0.05, 0) is 55.8 Å². The molecule has 142 valence electrons. The van der Waals surface area contributed by atoms with Crippen molar-refractivity contribution in [2.45, 2.75) is 37.1 Å². The van der Waals surface area contributed by atoms with Gasteiger partial charge in [0.2, 0.25) is 5.91 Å². The predicted octanol–water partition coefficient (Wildman–Crippen LogP) is 4.72. The molecular weight excluding hydrogens is 368 g/mol. The zero-order chi connectivity index (χ0) is 19.8.